The van der Waals surface area contributed by atoms with E-state index in [0.29, 0.717) is 12.5 Å². The fourth-order valence-electron chi connectivity index (χ4n) is 3.64. The van der Waals surface area contributed by atoms with E-state index in [0.717, 1.165) is 31.4 Å². The molecular formula is C23H30O2. The SMILES string of the molecule is CC(C)(C)c1ccc(C2CCCC(O)C2)c(OCc2ccccc2)c1. The molecule has 2 atom stereocenters. The topological polar surface area (TPSA) is 29.5 Å². The number of benzene rings is 2. The van der Waals surface area contributed by atoms with Crippen molar-refractivity contribution in [3.8, 4) is 5.75 Å². The molecule has 0 heterocycles. The van der Waals surface area contributed by atoms with E-state index < -0.39 is 0 Å². The molecule has 2 aromatic carbocycles. The van der Waals surface area contributed by atoms with Gasteiger partial charge in [-0.1, -0.05) is 69.7 Å². The van der Waals surface area contributed by atoms with Gasteiger partial charge in [-0.15, -0.1) is 0 Å². The van der Waals surface area contributed by atoms with E-state index >= 15 is 0 Å². The first-order valence-electron chi connectivity index (χ1n) is 9.42. The summed E-state index contributed by atoms with van der Waals surface area (Å²) in [5.41, 5.74) is 3.81. The van der Waals surface area contributed by atoms with Crippen molar-refractivity contribution in [2.75, 3.05) is 0 Å². The first kappa shape index (κ1) is 18.0. The third kappa shape index (κ3) is 4.64. The first-order valence-corrected chi connectivity index (χ1v) is 9.42. The Morgan fingerprint density at radius 1 is 1.04 bits per heavy atom. The molecule has 0 aliphatic heterocycles. The van der Waals surface area contributed by atoms with E-state index in [4.69, 9.17) is 4.74 Å². The number of ether oxygens (including phenoxy) is 1. The lowest BCUT2D eigenvalue weighted by Gasteiger charge is -2.29. The molecule has 25 heavy (non-hydrogen) atoms. The van der Waals surface area contributed by atoms with Gasteiger partial charge >= 0.3 is 0 Å². The van der Waals surface area contributed by atoms with Crippen LogP contribution in [0.2, 0.25) is 0 Å². The quantitative estimate of drug-likeness (QED) is 0.788. The van der Waals surface area contributed by atoms with Crippen LogP contribution in [0.4, 0.5) is 0 Å². The fourth-order valence-corrected chi connectivity index (χ4v) is 3.64. The predicted octanol–water partition coefficient (Wildman–Crippen LogP) is 5.58. The van der Waals surface area contributed by atoms with Crippen molar-refractivity contribution in [1.29, 1.82) is 0 Å². The van der Waals surface area contributed by atoms with Crippen molar-refractivity contribution in [2.24, 2.45) is 0 Å². The van der Waals surface area contributed by atoms with Crippen LogP contribution in [0.5, 0.6) is 5.75 Å². The lowest BCUT2D eigenvalue weighted by molar-refractivity contribution is 0.118. The molecule has 1 fully saturated rings. The van der Waals surface area contributed by atoms with Gasteiger partial charge in [0.25, 0.3) is 0 Å². The van der Waals surface area contributed by atoms with Crippen LogP contribution in [-0.4, -0.2) is 11.2 Å². The third-order valence-electron chi connectivity index (χ3n) is 5.20. The maximum absolute atomic E-state index is 10.1. The van der Waals surface area contributed by atoms with Crippen molar-refractivity contribution in [3.05, 3.63) is 65.2 Å². The molecule has 134 valence electrons. The second kappa shape index (κ2) is 7.61. The van der Waals surface area contributed by atoms with Crippen LogP contribution >= 0.6 is 0 Å². The summed E-state index contributed by atoms with van der Waals surface area (Å²) in [6, 6.07) is 17.0. The third-order valence-corrected chi connectivity index (χ3v) is 5.20. The second-order valence-electron chi connectivity index (χ2n) is 8.29. The van der Waals surface area contributed by atoms with Gasteiger partial charge in [0.15, 0.2) is 0 Å². The summed E-state index contributed by atoms with van der Waals surface area (Å²) >= 11 is 0. The fraction of sp³-hybridized carbons (Fsp3) is 0.478. The molecule has 1 aliphatic carbocycles. The zero-order valence-electron chi connectivity index (χ0n) is 15.7. The van der Waals surface area contributed by atoms with Crippen molar-refractivity contribution < 1.29 is 9.84 Å². The molecule has 3 rings (SSSR count). The molecule has 0 radical (unpaired) electrons. The van der Waals surface area contributed by atoms with Gasteiger partial charge in [0.2, 0.25) is 0 Å². The van der Waals surface area contributed by atoms with Crippen molar-refractivity contribution in [2.45, 2.75) is 70.5 Å². The summed E-state index contributed by atoms with van der Waals surface area (Å²) in [6.45, 7) is 7.27. The molecule has 2 aromatic rings. The van der Waals surface area contributed by atoms with Gasteiger partial charge in [-0.3, -0.25) is 0 Å². The van der Waals surface area contributed by atoms with E-state index in [-0.39, 0.29) is 11.5 Å². The highest BCUT2D eigenvalue weighted by molar-refractivity contribution is 5.42. The minimum atomic E-state index is -0.178. The molecule has 1 aliphatic rings. The van der Waals surface area contributed by atoms with Gasteiger partial charge in [-0.2, -0.15) is 0 Å². The Hall–Kier alpha value is -1.80. The Kier molecular flexibility index (Phi) is 5.48. The van der Waals surface area contributed by atoms with E-state index in [1.807, 2.05) is 18.2 Å². The van der Waals surface area contributed by atoms with Crippen LogP contribution in [0.1, 0.15) is 69.1 Å². The lowest BCUT2D eigenvalue weighted by Crippen LogP contribution is -2.19. The van der Waals surface area contributed by atoms with Crippen molar-refractivity contribution in [3.63, 3.8) is 0 Å². The standard InChI is InChI=1S/C23H30O2/c1-23(2,3)19-12-13-21(18-10-7-11-20(24)14-18)22(15-19)25-16-17-8-5-4-6-9-17/h4-6,8-9,12-13,15,18,20,24H,7,10-11,14,16H2,1-3H3. The first-order chi connectivity index (χ1) is 11.9. The lowest BCUT2D eigenvalue weighted by atomic mass is 9.80. The predicted molar refractivity (Wildman–Crippen MR) is 103 cm³/mol. The molecule has 1 N–H and O–H groups in total. The summed E-state index contributed by atoms with van der Waals surface area (Å²) in [6.07, 6.45) is 3.81. The van der Waals surface area contributed by atoms with Crippen LogP contribution in [0.15, 0.2) is 48.5 Å². The Balaban J connectivity index is 1.87. The Labute approximate surface area is 151 Å². The molecule has 0 amide bonds. The van der Waals surface area contributed by atoms with Gasteiger partial charge in [-0.05, 0) is 53.4 Å². The van der Waals surface area contributed by atoms with Crippen LogP contribution in [0.25, 0.3) is 0 Å². The van der Waals surface area contributed by atoms with Crippen LogP contribution < -0.4 is 4.74 Å². The number of hydrogen-bond acceptors (Lipinski definition) is 2. The monoisotopic (exact) mass is 338 g/mol. The Morgan fingerprint density at radius 3 is 2.48 bits per heavy atom. The normalized spacial score (nSPS) is 21.1. The highest BCUT2D eigenvalue weighted by Gasteiger charge is 2.25. The smallest absolute Gasteiger partial charge is 0.123 e. The molecule has 2 unspecified atom stereocenters. The van der Waals surface area contributed by atoms with E-state index in [9.17, 15) is 5.11 Å². The summed E-state index contributed by atoms with van der Waals surface area (Å²) in [5.74, 6) is 1.37. The molecule has 2 nitrogen and oxygen atoms in total. The maximum atomic E-state index is 10.1. The summed E-state index contributed by atoms with van der Waals surface area (Å²) < 4.78 is 6.27. The summed E-state index contributed by atoms with van der Waals surface area (Å²) in [5, 5.41) is 10.1. The van der Waals surface area contributed by atoms with Crippen LogP contribution in [-0.2, 0) is 12.0 Å². The van der Waals surface area contributed by atoms with Crippen molar-refractivity contribution in [1.82, 2.24) is 0 Å². The maximum Gasteiger partial charge on any atom is 0.123 e. The molecule has 0 saturated heterocycles. The van der Waals surface area contributed by atoms with E-state index in [2.05, 4.69) is 51.1 Å². The number of aliphatic hydroxyl groups is 1. The second-order valence-corrected chi connectivity index (χ2v) is 8.29. The zero-order chi connectivity index (χ0) is 17.9. The molecular weight excluding hydrogens is 308 g/mol. The largest absolute Gasteiger partial charge is 0.489 e. The molecule has 0 aromatic heterocycles. The zero-order valence-corrected chi connectivity index (χ0v) is 15.7. The minimum Gasteiger partial charge on any atom is -0.489 e. The van der Waals surface area contributed by atoms with Gasteiger partial charge in [0.05, 0.1) is 6.10 Å². The average Bonchev–Trinajstić information content (AvgIpc) is 2.60. The van der Waals surface area contributed by atoms with E-state index in [1.165, 1.54) is 16.7 Å². The highest BCUT2D eigenvalue weighted by Crippen LogP contribution is 2.39. The highest BCUT2D eigenvalue weighted by atomic mass is 16.5. The van der Waals surface area contributed by atoms with E-state index in [1.54, 1.807) is 0 Å². The average molecular weight is 338 g/mol. The number of hydrogen-bond donors (Lipinski definition) is 1. The number of rotatable bonds is 4. The van der Waals surface area contributed by atoms with Gasteiger partial charge in [-0.25, -0.2) is 0 Å². The van der Waals surface area contributed by atoms with Crippen LogP contribution in [0.3, 0.4) is 0 Å². The molecule has 2 heteroatoms. The Morgan fingerprint density at radius 2 is 1.80 bits per heavy atom. The minimum absolute atomic E-state index is 0.0927. The Bertz CT molecular complexity index is 685. The molecule has 1 saturated carbocycles. The van der Waals surface area contributed by atoms with Crippen molar-refractivity contribution >= 4 is 0 Å². The summed E-state index contributed by atoms with van der Waals surface area (Å²) in [7, 11) is 0. The van der Waals surface area contributed by atoms with Crippen LogP contribution in [0, 0.1) is 0 Å². The van der Waals surface area contributed by atoms with Gasteiger partial charge in [0, 0.05) is 0 Å². The number of aliphatic hydroxyl groups excluding tert-OH is 1. The van der Waals surface area contributed by atoms with Gasteiger partial charge < -0.3 is 9.84 Å². The summed E-state index contributed by atoms with van der Waals surface area (Å²) in [4.78, 5) is 0. The molecule has 0 spiro atoms. The van der Waals surface area contributed by atoms with Gasteiger partial charge in [0.1, 0.15) is 12.4 Å². The molecule has 0 bridgehead atoms.